The minimum atomic E-state index is -0.907. The molecule has 0 saturated carbocycles. The van der Waals surface area contributed by atoms with E-state index in [-0.39, 0.29) is 23.9 Å². The zero-order valence-corrected chi connectivity index (χ0v) is 9.67. The zero-order valence-electron chi connectivity index (χ0n) is 8.86. The second kappa shape index (κ2) is 5.33. The van der Waals surface area contributed by atoms with Gasteiger partial charge >= 0.3 is 24.8 Å². The number of likely N-dealkylation sites (N-methyl/N-ethyl adjacent to an activating group) is 1. The van der Waals surface area contributed by atoms with Gasteiger partial charge in [0.1, 0.15) is 0 Å². The Hall–Kier alpha value is -0.343. The van der Waals surface area contributed by atoms with Gasteiger partial charge in [0, 0.05) is 17.3 Å². The molecule has 0 aromatic carbocycles. The maximum atomic E-state index is 10.8. The van der Waals surface area contributed by atoms with E-state index in [4.69, 9.17) is 5.11 Å². The molecule has 1 aromatic heterocycles. The van der Waals surface area contributed by atoms with Gasteiger partial charge < -0.3 is 10.0 Å². The van der Waals surface area contributed by atoms with E-state index >= 15 is 0 Å². The van der Waals surface area contributed by atoms with Crippen molar-refractivity contribution in [3.05, 3.63) is 15.6 Å². The first-order valence-electron chi connectivity index (χ1n) is 4.96. The maximum absolute atomic E-state index is 10.8. The monoisotopic (exact) mass is 234 g/mol. The van der Waals surface area contributed by atoms with Gasteiger partial charge in [-0.2, -0.15) is 0 Å². The second-order valence-corrected chi connectivity index (χ2v) is 5.14. The number of aromatic carboxylic acids is 1. The van der Waals surface area contributed by atoms with Crippen molar-refractivity contribution in [3.8, 4) is 0 Å². The molecule has 1 aromatic rings. The molecule has 2 rings (SSSR count). The van der Waals surface area contributed by atoms with Gasteiger partial charge in [0.2, 0.25) is 5.01 Å². The van der Waals surface area contributed by atoms with Crippen LogP contribution in [0.2, 0.25) is 0 Å². The van der Waals surface area contributed by atoms with Gasteiger partial charge in [0.25, 0.3) is 0 Å². The summed E-state index contributed by atoms with van der Waals surface area (Å²) in [6.45, 7) is 0. The van der Waals surface area contributed by atoms with E-state index in [2.05, 4.69) is 24.0 Å². The number of carbonyl (C=O) groups is 1. The summed E-state index contributed by atoms with van der Waals surface area (Å²) in [5.74, 6) is -0.907. The Morgan fingerprint density at radius 2 is 2.25 bits per heavy atom. The first-order chi connectivity index (χ1) is 7.08. The Kier molecular flexibility index (Phi) is 4.57. The Bertz CT molecular complexity index is 392. The topological polar surface area (TPSA) is 53.4 Å². The Morgan fingerprint density at radius 3 is 2.81 bits per heavy atom. The molecular formula is C10H15LiN2O2S. The molecule has 1 atom stereocenters. The molecule has 0 radical (unpaired) electrons. The normalized spacial score (nSPS) is 19.1. The number of nitrogens with zero attached hydrogens (tertiary/aromatic N) is 2. The van der Waals surface area contributed by atoms with Crippen LogP contribution >= 0.6 is 11.3 Å². The Labute approximate surface area is 111 Å². The minimum absolute atomic E-state index is 0. The van der Waals surface area contributed by atoms with E-state index in [0.29, 0.717) is 6.04 Å². The number of aryl methyl sites for hydroxylation is 1. The first-order valence-corrected chi connectivity index (χ1v) is 5.78. The fraction of sp³-hybridized carbons (Fsp3) is 0.600. The van der Waals surface area contributed by atoms with Crippen LogP contribution in [-0.2, 0) is 12.8 Å². The quantitative estimate of drug-likeness (QED) is 0.762. The summed E-state index contributed by atoms with van der Waals surface area (Å²) in [7, 11) is 4.11. The summed E-state index contributed by atoms with van der Waals surface area (Å²) in [4.78, 5) is 18.3. The molecule has 1 aliphatic rings. The predicted molar refractivity (Wildman–Crippen MR) is 65.7 cm³/mol. The van der Waals surface area contributed by atoms with Gasteiger partial charge in [-0.05, 0) is 26.9 Å². The van der Waals surface area contributed by atoms with Gasteiger partial charge in [0.05, 0.1) is 5.69 Å². The van der Waals surface area contributed by atoms with Crippen molar-refractivity contribution in [2.45, 2.75) is 25.3 Å². The van der Waals surface area contributed by atoms with Crippen LogP contribution in [0.25, 0.3) is 0 Å². The van der Waals surface area contributed by atoms with Crippen molar-refractivity contribution >= 4 is 36.2 Å². The number of aromatic nitrogens is 1. The molecule has 1 unspecified atom stereocenters. The second-order valence-electron chi connectivity index (χ2n) is 4.05. The van der Waals surface area contributed by atoms with Crippen LogP contribution in [-0.4, -0.2) is 60.0 Å². The van der Waals surface area contributed by atoms with Gasteiger partial charge in [0.15, 0.2) is 0 Å². The Morgan fingerprint density at radius 1 is 1.56 bits per heavy atom. The molecule has 1 heterocycles. The number of hydrogen-bond acceptors (Lipinski definition) is 4. The van der Waals surface area contributed by atoms with Gasteiger partial charge in [-0.1, -0.05) is 0 Å². The molecule has 0 aliphatic heterocycles. The van der Waals surface area contributed by atoms with Crippen LogP contribution in [0, 0.1) is 0 Å². The third-order valence-electron chi connectivity index (χ3n) is 2.83. The molecule has 0 saturated heterocycles. The summed E-state index contributed by atoms with van der Waals surface area (Å²) < 4.78 is 0. The molecule has 1 N–H and O–H groups in total. The fourth-order valence-corrected chi connectivity index (χ4v) is 2.84. The third-order valence-corrected chi connectivity index (χ3v) is 3.97. The van der Waals surface area contributed by atoms with Crippen LogP contribution in [0.3, 0.4) is 0 Å². The Balaban J connectivity index is 0.00000128. The number of rotatable bonds is 2. The van der Waals surface area contributed by atoms with Crippen LogP contribution in [0.4, 0.5) is 0 Å². The average Bonchev–Trinajstić information content (AvgIpc) is 2.59. The number of fused-ring (bicyclic) bond motifs is 1. The van der Waals surface area contributed by atoms with E-state index in [9.17, 15) is 4.79 Å². The molecule has 0 spiro atoms. The molecule has 0 fully saturated rings. The van der Waals surface area contributed by atoms with Crippen LogP contribution < -0.4 is 0 Å². The SMILES string of the molecule is CN(C)C1CCc2sc(C(=O)O)nc2C1.[LiH]. The van der Waals surface area contributed by atoms with Crippen molar-refractivity contribution in [3.63, 3.8) is 0 Å². The van der Waals surface area contributed by atoms with Crippen LogP contribution in [0.1, 0.15) is 26.8 Å². The van der Waals surface area contributed by atoms with Gasteiger partial charge in [-0.15, -0.1) is 11.3 Å². The first kappa shape index (κ1) is 13.7. The third kappa shape index (κ3) is 2.66. The van der Waals surface area contributed by atoms with E-state index in [1.165, 1.54) is 11.3 Å². The molecule has 16 heavy (non-hydrogen) atoms. The molecular weight excluding hydrogens is 219 g/mol. The summed E-state index contributed by atoms with van der Waals surface area (Å²) in [6, 6.07) is 0.501. The molecule has 4 nitrogen and oxygen atoms in total. The molecule has 1 aliphatic carbocycles. The van der Waals surface area contributed by atoms with Crippen molar-refractivity contribution in [2.75, 3.05) is 14.1 Å². The number of thiazole rings is 1. The van der Waals surface area contributed by atoms with Gasteiger partial charge in [-0.25, -0.2) is 9.78 Å². The van der Waals surface area contributed by atoms with Crippen molar-refractivity contribution in [1.29, 1.82) is 0 Å². The number of carboxylic acid groups (broad SMARTS) is 1. The van der Waals surface area contributed by atoms with Gasteiger partial charge in [-0.3, -0.25) is 0 Å². The molecule has 0 bridgehead atoms. The molecule has 84 valence electrons. The fourth-order valence-electron chi connectivity index (χ4n) is 1.89. The van der Waals surface area contributed by atoms with Crippen LogP contribution in [0.15, 0.2) is 0 Å². The number of carboxylic acids is 1. The number of hydrogen-bond donors (Lipinski definition) is 1. The van der Waals surface area contributed by atoms with E-state index in [1.807, 2.05) is 0 Å². The zero-order chi connectivity index (χ0) is 11.0. The van der Waals surface area contributed by atoms with Crippen molar-refractivity contribution in [1.82, 2.24) is 9.88 Å². The summed E-state index contributed by atoms with van der Waals surface area (Å²) in [5, 5.41) is 9.08. The summed E-state index contributed by atoms with van der Waals surface area (Å²) in [5.41, 5.74) is 0.988. The summed E-state index contributed by atoms with van der Waals surface area (Å²) >= 11 is 1.33. The van der Waals surface area contributed by atoms with Crippen LogP contribution in [0.5, 0.6) is 0 Å². The van der Waals surface area contributed by atoms with Crippen molar-refractivity contribution < 1.29 is 9.90 Å². The molecule has 0 amide bonds. The average molecular weight is 234 g/mol. The predicted octanol–water partition coefficient (Wildman–Crippen LogP) is 0.612. The summed E-state index contributed by atoms with van der Waals surface area (Å²) in [6.07, 6.45) is 2.94. The van der Waals surface area contributed by atoms with E-state index in [0.717, 1.165) is 29.8 Å². The van der Waals surface area contributed by atoms with E-state index < -0.39 is 5.97 Å². The standard InChI is InChI=1S/C10H14N2O2S.Li.H/c1-12(2)6-3-4-8-7(5-6)11-9(15-8)10(13)14;;/h6H,3-5H2,1-2H3,(H,13,14);;. The van der Waals surface area contributed by atoms with Crippen molar-refractivity contribution in [2.24, 2.45) is 0 Å². The van der Waals surface area contributed by atoms with E-state index in [1.54, 1.807) is 0 Å². The molecule has 6 heteroatoms.